The second-order valence-electron chi connectivity index (χ2n) is 7.68. The molecule has 0 aromatic heterocycles. The standard InChI is InChI=1S/C21H31N3O3/c1-2-7-17-13-24(14-19(17)22)21(26)16-8-6-9-18(12-16)27-15-20(25)23-10-4-3-5-11-23/h6,8-9,12,17,19H,2-5,7,10-11,13-15,22H2,1H3. The minimum Gasteiger partial charge on any atom is -0.484 e. The number of nitrogens with two attached hydrogens (primary N) is 1. The zero-order valence-electron chi connectivity index (χ0n) is 16.2. The quantitative estimate of drug-likeness (QED) is 0.830. The van der Waals surface area contributed by atoms with Crippen molar-refractivity contribution in [3.05, 3.63) is 29.8 Å². The Kier molecular flexibility index (Phi) is 6.72. The number of amides is 2. The van der Waals surface area contributed by atoms with Gasteiger partial charge in [0.15, 0.2) is 6.61 Å². The molecule has 2 heterocycles. The Morgan fingerprint density at radius 3 is 2.67 bits per heavy atom. The van der Waals surface area contributed by atoms with E-state index >= 15 is 0 Å². The lowest BCUT2D eigenvalue weighted by Crippen LogP contribution is -2.38. The van der Waals surface area contributed by atoms with E-state index in [0.717, 1.165) is 38.8 Å². The Morgan fingerprint density at radius 2 is 1.93 bits per heavy atom. The van der Waals surface area contributed by atoms with E-state index in [9.17, 15) is 9.59 Å². The molecule has 0 bridgehead atoms. The van der Waals surface area contributed by atoms with E-state index in [1.807, 2.05) is 9.80 Å². The smallest absolute Gasteiger partial charge is 0.260 e. The van der Waals surface area contributed by atoms with Crippen molar-refractivity contribution in [1.29, 1.82) is 0 Å². The van der Waals surface area contributed by atoms with E-state index in [1.54, 1.807) is 24.3 Å². The molecule has 6 nitrogen and oxygen atoms in total. The van der Waals surface area contributed by atoms with Crippen molar-refractivity contribution in [2.24, 2.45) is 11.7 Å². The van der Waals surface area contributed by atoms with Gasteiger partial charge in [0.05, 0.1) is 0 Å². The van der Waals surface area contributed by atoms with Crippen molar-refractivity contribution in [2.45, 2.75) is 45.1 Å². The van der Waals surface area contributed by atoms with E-state index in [2.05, 4.69) is 6.92 Å². The highest BCUT2D eigenvalue weighted by Crippen LogP contribution is 2.23. The van der Waals surface area contributed by atoms with Crippen LogP contribution in [0.1, 0.15) is 49.4 Å². The number of benzene rings is 1. The molecule has 2 N–H and O–H groups in total. The monoisotopic (exact) mass is 373 g/mol. The highest BCUT2D eigenvalue weighted by Gasteiger charge is 2.32. The van der Waals surface area contributed by atoms with Crippen LogP contribution in [0.25, 0.3) is 0 Å². The van der Waals surface area contributed by atoms with Crippen LogP contribution in [0, 0.1) is 5.92 Å². The van der Waals surface area contributed by atoms with Gasteiger partial charge in [0.2, 0.25) is 0 Å². The summed E-state index contributed by atoms with van der Waals surface area (Å²) in [6.07, 6.45) is 5.44. The third-order valence-electron chi connectivity index (χ3n) is 5.59. The van der Waals surface area contributed by atoms with Crippen LogP contribution in [0.15, 0.2) is 24.3 Å². The molecule has 0 saturated carbocycles. The van der Waals surface area contributed by atoms with Crippen LogP contribution >= 0.6 is 0 Å². The third-order valence-corrected chi connectivity index (χ3v) is 5.59. The molecule has 2 aliphatic heterocycles. The van der Waals surface area contributed by atoms with Gasteiger partial charge in [-0.1, -0.05) is 19.4 Å². The Labute approximate surface area is 161 Å². The number of rotatable bonds is 6. The molecule has 2 atom stereocenters. The molecule has 2 aliphatic rings. The number of piperidine rings is 1. The molecule has 0 spiro atoms. The first-order valence-corrected chi connectivity index (χ1v) is 10.1. The maximum absolute atomic E-state index is 12.8. The lowest BCUT2D eigenvalue weighted by molar-refractivity contribution is -0.134. The fraction of sp³-hybridized carbons (Fsp3) is 0.619. The van der Waals surface area contributed by atoms with E-state index in [0.29, 0.717) is 30.3 Å². The minimum absolute atomic E-state index is 0.0133. The molecule has 0 aliphatic carbocycles. The summed E-state index contributed by atoms with van der Waals surface area (Å²) in [4.78, 5) is 28.8. The van der Waals surface area contributed by atoms with Crippen LogP contribution in [0.4, 0.5) is 0 Å². The van der Waals surface area contributed by atoms with Crippen LogP contribution in [-0.2, 0) is 4.79 Å². The van der Waals surface area contributed by atoms with Crippen molar-refractivity contribution in [2.75, 3.05) is 32.8 Å². The lowest BCUT2D eigenvalue weighted by Gasteiger charge is -2.26. The molecular formula is C21H31N3O3. The van der Waals surface area contributed by atoms with Crippen molar-refractivity contribution in [3.63, 3.8) is 0 Å². The summed E-state index contributed by atoms with van der Waals surface area (Å²) in [5, 5.41) is 0. The average molecular weight is 373 g/mol. The first-order valence-electron chi connectivity index (χ1n) is 10.1. The van der Waals surface area contributed by atoms with Gasteiger partial charge in [-0.2, -0.15) is 0 Å². The highest BCUT2D eigenvalue weighted by atomic mass is 16.5. The topological polar surface area (TPSA) is 75.9 Å². The van der Waals surface area contributed by atoms with Gasteiger partial charge in [0.1, 0.15) is 5.75 Å². The molecule has 2 amide bonds. The van der Waals surface area contributed by atoms with Gasteiger partial charge < -0.3 is 20.3 Å². The molecule has 2 fully saturated rings. The molecule has 1 aromatic rings. The van der Waals surface area contributed by atoms with Crippen molar-refractivity contribution in [1.82, 2.24) is 9.80 Å². The fourth-order valence-corrected chi connectivity index (χ4v) is 4.02. The second kappa shape index (κ2) is 9.22. The van der Waals surface area contributed by atoms with Crippen LogP contribution in [0.3, 0.4) is 0 Å². The van der Waals surface area contributed by atoms with Gasteiger partial charge in [0.25, 0.3) is 11.8 Å². The number of nitrogens with zero attached hydrogens (tertiary/aromatic N) is 2. The van der Waals surface area contributed by atoms with Crippen LogP contribution in [0.2, 0.25) is 0 Å². The van der Waals surface area contributed by atoms with Crippen molar-refractivity contribution < 1.29 is 14.3 Å². The third kappa shape index (κ3) is 5.01. The summed E-state index contributed by atoms with van der Waals surface area (Å²) in [6, 6.07) is 7.16. The maximum atomic E-state index is 12.8. The van der Waals surface area contributed by atoms with E-state index in [-0.39, 0.29) is 24.5 Å². The lowest BCUT2D eigenvalue weighted by atomic mass is 9.99. The maximum Gasteiger partial charge on any atom is 0.260 e. The molecule has 0 radical (unpaired) electrons. The zero-order chi connectivity index (χ0) is 19.2. The summed E-state index contributed by atoms with van der Waals surface area (Å²) in [6.45, 7) is 5.10. The van der Waals surface area contributed by atoms with Gasteiger partial charge in [-0.15, -0.1) is 0 Å². The van der Waals surface area contributed by atoms with Gasteiger partial charge in [-0.25, -0.2) is 0 Å². The molecule has 148 valence electrons. The largest absolute Gasteiger partial charge is 0.484 e. The van der Waals surface area contributed by atoms with Gasteiger partial charge in [0, 0.05) is 37.8 Å². The summed E-state index contributed by atoms with van der Waals surface area (Å²) < 4.78 is 5.67. The minimum atomic E-state index is -0.0168. The predicted molar refractivity (Wildman–Crippen MR) is 105 cm³/mol. The van der Waals surface area contributed by atoms with Crippen LogP contribution < -0.4 is 10.5 Å². The zero-order valence-corrected chi connectivity index (χ0v) is 16.2. The summed E-state index contributed by atoms with van der Waals surface area (Å²) in [5.74, 6) is 0.927. The molecular weight excluding hydrogens is 342 g/mol. The van der Waals surface area contributed by atoms with Gasteiger partial charge in [-0.3, -0.25) is 9.59 Å². The molecule has 2 saturated heterocycles. The van der Waals surface area contributed by atoms with E-state index in [4.69, 9.17) is 10.5 Å². The van der Waals surface area contributed by atoms with Crippen LogP contribution in [0.5, 0.6) is 5.75 Å². The SMILES string of the molecule is CCCC1CN(C(=O)c2cccc(OCC(=O)N3CCCCC3)c2)CC1N. The number of ether oxygens (including phenoxy) is 1. The van der Waals surface area contributed by atoms with Crippen molar-refractivity contribution >= 4 is 11.8 Å². The summed E-state index contributed by atoms with van der Waals surface area (Å²) >= 11 is 0. The first-order chi connectivity index (χ1) is 13.1. The van der Waals surface area contributed by atoms with E-state index in [1.165, 1.54) is 6.42 Å². The Morgan fingerprint density at radius 1 is 1.15 bits per heavy atom. The molecule has 27 heavy (non-hydrogen) atoms. The number of hydrogen-bond donors (Lipinski definition) is 1. The van der Waals surface area contributed by atoms with Crippen molar-refractivity contribution in [3.8, 4) is 5.75 Å². The molecule has 6 heteroatoms. The first kappa shape index (κ1) is 19.7. The van der Waals surface area contributed by atoms with Gasteiger partial charge in [-0.05, 0) is 49.8 Å². The average Bonchev–Trinajstić information content (AvgIpc) is 3.07. The predicted octanol–water partition coefficient (Wildman–Crippen LogP) is 2.28. The summed E-state index contributed by atoms with van der Waals surface area (Å²) in [5.41, 5.74) is 6.78. The Balaban J connectivity index is 1.56. The van der Waals surface area contributed by atoms with Crippen LogP contribution in [-0.4, -0.2) is 60.4 Å². The normalized spacial score (nSPS) is 22.7. The Bertz CT molecular complexity index is 658. The number of hydrogen-bond acceptors (Lipinski definition) is 4. The Hall–Kier alpha value is -2.08. The number of carbonyl (C=O) groups is 2. The second-order valence-corrected chi connectivity index (χ2v) is 7.68. The van der Waals surface area contributed by atoms with E-state index < -0.39 is 0 Å². The molecule has 1 aromatic carbocycles. The fourth-order valence-electron chi connectivity index (χ4n) is 4.02. The van der Waals surface area contributed by atoms with Gasteiger partial charge >= 0.3 is 0 Å². The molecule has 2 unspecified atom stereocenters. The molecule has 3 rings (SSSR count). The summed E-state index contributed by atoms with van der Waals surface area (Å²) in [7, 11) is 0. The number of likely N-dealkylation sites (tertiary alicyclic amines) is 2. The number of carbonyl (C=O) groups excluding carboxylic acids is 2. The highest BCUT2D eigenvalue weighted by molar-refractivity contribution is 5.94.